The standard InChI is InChI=1S/C13H11NO4S/c1-10-4-6-12(7-5-10)19(16,17)18-13(15)11-3-2-8-14-9-11/h2-9H,1H3. The van der Waals surface area contributed by atoms with Gasteiger partial charge < -0.3 is 4.18 Å². The molecular weight excluding hydrogens is 266 g/mol. The topological polar surface area (TPSA) is 73.3 Å². The highest BCUT2D eigenvalue weighted by Crippen LogP contribution is 2.15. The number of hydrogen-bond donors (Lipinski definition) is 0. The van der Waals surface area contributed by atoms with Crippen molar-refractivity contribution in [1.29, 1.82) is 0 Å². The first kappa shape index (κ1) is 13.2. The zero-order valence-corrected chi connectivity index (χ0v) is 10.9. The third-order valence-electron chi connectivity index (χ3n) is 2.39. The van der Waals surface area contributed by atoms with Crippen LogP contribution in [0.1, 0.15) is 15.9 Å². The van der Waals surface area contributed by atoms with Crippen molar-refractivity contribution >= 4 is 16.1 Å². The van der Waals surface area contributed by atoms with E-state index in [1.54, 1.807) is 12.1 Å². The first-order chi connectivity index (χ1) is 8.99. The molecule has 0 atom stereocenters. The number of carbonyl (C=O) groups is 1. The van der Waals surface area contributed by atoms with Gasteiger partial charge in [0.2, 0.25) is 0 Å². The van der Waals surface area contributed by atoms with Gasteiger partial charge >= 0.3 is 16.1 Å². The third-order valence-corrected chi connectivity index (χ3v) is 3.61. The van der Waals surface area contributed by atoms with Crippen molar-refractivity contribution < 1.29 is 17.4 Å². The number of hydrogen-bond acceptors (Lipinski definition) is 5. The first-order valence-electron chi connectivity index (χ1n) is 5.44. The largest absolute Gasteiger partial charge is 0.355 e. The minimum absolute atomic E-state index is 0.0599. The summed E-state index contributed by atoms with van der Waals surface area (Å²) in [5.74, 6) is -0.950. The van der Waals surface area contributed by atoms with Crippen LogP contribution >= 0.6 is 0 Å². The molecule has 6 heteroatoms. The van der Waals surface area contributed by atoms with E-state index in [4.69, 9.17) is 0 Å². The molecule has 0 N–H and O–H groups in total. The van der Waals surface area contributed by atoms with E-state index in [1.807, 2.05) is 6.92 Å². The Morgan fingerprint density at radius 1 is 1.16 bits per heavy atom. The summed E-state index contributed by atoms with van der Waals surface area (Å²) in [5.41, 5.74) is 0.996. The second-order valence-corrected chi connectivity index (χ2v) is 5.43. The number of pyridine rings is 1. The van der Waals surface area contributed by atoms with Gasteiger partial charge in [-0.15, -0.1) is 0 Å². The Hall–Kier alpha value is -2.21. The summed E-state index contributed by atoms with van der Waals surface area (Å²) in [7, 11) is -4.10. The van der Waals surface area contributed by atoms with E-state index < -0.39 is 16.1 Å². The highest BCUT2D eigenvalue weighted by molar-refractivity contribution is 7.87. The molecule has 0 unspecified atom stereocenters. The highest BCUT2D eigenvalue weighted by atomic mass is 32.2. The molecule has 5 nitrogen and oxygen atoms in total. The van der Waals surface area contributed by atoms with Crippen molar-refractivity contribution in [2.75, 3.05) is 0 Å². The Kier molecular flexibility index (Phi) is 3.62. The SMILES string of the molecule is Cc1ccc(S(=O)(=O)OC(=O)c2cccnc2)cc1. The number of aryl methyl sites for hydroxylation is 1. The number of benzene rings is 1. The predicted molar refractivity (Wildman–Crippen MR) is 68.0 cm³/mol. The Labute approximate surface area is 111 Å². The molecule has 1 heterocycles. The van der Waals surface area contributed by atoms with Gasteiger partial charge in [-0.05, 0) is 31.2 Å². The molecule has 0 saturated heterocycles. The lowest BCUT2D eigenvalue weighted by atomic mass is 10.2. The average molecular weight is 277 g/mol. The quantitative estimate of drug-likeness (QED) is 0.801. The van der Waals surface area contributed by atoms with Gasteiger partial charge in [0.05, 0.1) is 5.56 Å². The molecule has 0 aliphatic heterocycles. The van der Waals surface area contributed by atoms with Crippen LogP contribution in [0, 0.1) is 6.92 Å². The summed E-state index contributed by atoms with van der Waals surface area (Å²) in [6, 6.07) is 8.99. The molecule has 0 aliphatic carbocycles. The summed E-state index contributed by atoms with van der Waals surface area (Å²) in [6.45, 7) is 1.83. The molecule has 98 valence electrons. The summed E-state index contributed by atoms with van der Waals surface area (Å²) in [5, 5.41) is 0. The summed E-state index contributed by atoms with van der Waals surface area (Å²) in [4.78, 5) is 15.3. The van der Waals surface area contributed by atoms with Crippen LogP contribution in [0.25, 0.3) is 0 Å². The summed E-state index contributed by atoms with van der Waals surface area (Å²) < 4.78 is 28.3. The van der Waals surface area contributed by atoms with E-state index in [0.29, 0.717) is 0 Å². The molecule has 0 radical (unpaired) electrons. The van der Waals surface area contributed by atoms with Gasteiger partial charge in [0.1, 0.15) is 4.90 Å². The van der Waals surface area contributed by atoms with Gasteiger partial charge in [-0.2, -0.15) is 8.42 Å². The lowest BCUT2D eigenvalue weighted by Gasteiger charge is -2.05. The van der Waals surface area contributed by atoms with Crippen LogP contribution in [0.4, 0.5) is 0 Å². The monoisotopic (exact) mass is 277 g/mol. The van der Waals surface area contributed by atoms with Crippen LogP contribution in [0.2, 0.25) is 0 Å². The van der Waals surface area contributed by atoms with Crippen LogP contribution in [-0.2, 0) is 14.3 Å². The van der Waals surface area contributed by atoms with E-state index >= 15 is 0 Å². The predicted octanol–water partition coefficient (Wildman–Crippen LogP) is 1.94. The fourth-order valence-electron chi connectivity index (χ4n) is 1.38. The third kappa shape index (κ3) is 3.17. The summed E-state index contributed by atoms with van der Waals surface area (Å²) in [6.07, 6.45) is 2.72. The molecule has 0 amide bonds. The minimum atomic E-state index is -4.10. The molecule has 0 spiro atoms. The van der Waals surface area contributed by atoms with Gasteiger partial charge in [-0.3, -0.25) is 4.98 Å². The second kappa shape index (κ2) is 5.19. The van der Waals surface area contributed by atoms with E-state index in [2.05, 4.69) is 9.17 Å². The van der Waals surface area contributed by atoms with E-state index in [9.17, 15) is 13.2 Å². The van der Waals surface area contributed by atoms with Crippen molar-refractivity contribution in [1.82, 2.24) is 4.98 Å². The Morgan fingerprint density at radius 2 is 1.84 bits per heavy atom. The first-order valence-corrected chi connectivity index (χ1v) is 6.85. The van der Waals surface area contributed by atoms with Crippen molar-refractivity contribution in [3.8, 4) is 0 Å². The fraction of sp³-hybridized carbons (Fsp3) is 0.0769. The van der Waals surface area contributed by atoms with E-state index in [-0.39, 0.29) is 10.5 Å². The normalized spacial score (nSPS) is 11.0. The maximum absolute atomic E-state index is 11.9. The second-order valence-electron chi connectivity index (χ2n) is 3.88. The smallest absolute Gasteiger partial charge is 0.338 e. The van der Waals surface area contributed by atoms with Gasteiger partial charge in [-0.1, -0.05) is 17.7 Å². The molecule has 2 rings (SSSR count). The fourth-order valence-corrected chi connectivity index (χ4v) is 2.25. The molecule has 2 aromatic rings. The van der Waals surface area contributed by atoms with Crippen LogP contribution in [-0.4, -0.2) is 19.4 Å². The molecule has 19 heavy (non-hydrogen) atoms. The van der Waals surface area contributed by atoms with Gasteiger partial charge in [0.15, 0.2) is 0 Å². The number of rotatable bonds is 3. The number of nitrogens with zero attached hydrogens (tertiary/aromatic N) is 1. The highest BCUT2D eigenvalue weighted by Gasteiger charge is 2.21. The molecule has 0 bridgehead atoms. The van der Waals surface area contributed by atoms with E-state index in [0.717, 1.165) is 5.56 Å². The molecule has 0 saturated carbocycles. The molecule has 1 aromatic heterocycles. The lowest BCUT2D eigenvalue weighted by molar-refractivity contribution is 0.0746. The Balaban J connectivity index is 2.23. The summed E-state index contributed by atoms with van der Waals surface area (Å²) >= 11 is 0. The van der Waals surface area contributed by atoms with Crippen molar-refractivity contribution in [2.45, 2.75) is 11.8 Å². The maximum atomic E-state index is 11.9. The van der Waals surface area contributed by atoms with Gasteiger partial charge in [0, 0.05) is 12.4 Å². The molecular formula is C13H11NO4S. The molecule has 1 aromatic carbocycles. The van der Waals surface area contributed by atoms with Crippen molar-refractivity contribution in [3.63, 3.8) is 0 Å². The molecule has 0 fully saturated rings. The van der Waals surface area contributed by atoms with Gasteiger partial charge in [0.25, 0.3) is 0 Å². The van der Waals surface area contributed by atoms with Crippen molar-refractivity contribution in [2.24, 2.45) is 0 Å². The van der Waals surface area contributed by atoms with Crippen molar-refractivity contribution in [3.05, 3.63) is 59.9 Å². The zero-order valence-electron chi connectivity index (χ0n) is 10.1. The Bertz CT molecular complexity index is 678. The minimum Gasteiger partial charge on any atom is -0.338 e. The number of carbonyl (C=O) groups excluding carboxylic acids is 1. The zero-order chi connectivity index (χ0) is 13.9. The van der Waals surface area contributed by atoms with Crippen LogP contribution in [0.5, 0.6) is 0 Å². The van der Waals surface area contributed by atoms with Gasteiger partial charge in [-0.25, -0.2) is 4.79 Å². The number of aromatic nitrogens is 1. The van der Waals surface area contributed by atoms with E-state index in [1.165, 1.54) is 36.7 Å². The van der Waals surface area contributed by atoms with Crippen LogP contribution < -0.4 is 0 Å². The maximum Gasteiger partial charge on any atom is 0.355 e. The lowest BCUT2D eigenvalue weighted by Crippen LogP contribution is -2.13. The van der Waals surface area contributed by atoms with Crippen LogP contribution in [0.15, 0.2) is 53.7 Å². The van der Waals surface area contributed by atoms with Crippen LogP contribution in [0.3, 0.4) is 0 Å². The Morgan fingerprint density at radius 3 is 2.42 bits per heavy atom. The average Bonchev–Trinajstić information content (AvgIpc) is 2.40. The molecule has 0 aliphatic rings.